The van der Waals surface area contributed by atoms with Crippen LogP contribution in [0.15, 0.2) is 23.8 Å². The van der Waals surface area contributed by atoms with Crippen molar-refractivity contribution >= 4 is 11.6 Å². The highest BCUT2D eigenvalue weighted by Crippen LogP contribution is 2.70. The monoisotopic (exact) mass is 340 g/mol. The van der Waals surface area contributed by atoms with Crippen LogP contribution in [-0.4, -0.2) is 11.6 Å². The second-order valence-electron chi connectivity index (χ2n) is 9.95. The summed E-state index contributed by atoms with van der Waals surface area (Å²) in [6.07, 6.45) is 11.6. The van der Waals surface area contributed by atoms with Crippen molar-refractivity contribution in [1.82, 2.24) is 0 Å². The second kappa shape index (κ2) is 5.18. The first-order chi connectivity index (χ1) is 11.6. The Morgan fingerprint density at radius 3 is 2.56 bits per heavy atom. The molecule has 4 aliphatic rings. The average Bonchev–Trinajstić information content (AvgIpc) is 2.77. The lowest BCUT2D eigenvalue weighted by Gasteiger charge is -2.58. The summed E-state index contributed by atoms with van der Waals surface area (Å²) < 4.78 is 0. The van der Waals surface area contributed by atoms with Crippen molar-refractivity contribution < 1.29 is 9.59 Å². The van der Waals surface area contributed by atoms with Crippen LogP contribution >= 0.6 is 0 Å². The molecule has 0 aromatic carbocycles. The second-order valence-corrected chi connectivity index (χ2v) is 9.95. The smallest absolute Gasteiger partial charge is 0.178 e. The van der Waals surface area contributed by atoms with Gasteiger partial charge in [-0.15, -0.1) is 0 Å². The van der Waals surface area contributed by atoms with E-state index < -0.39 is 0 Å². The van der Waals surface area contributed by atoms with E-state index in [1.54, 1.807) is 6.08 Å². The van der Waals surface area contributed by atoms with E-state index in [1.807, 2.05) is 13.0 Å². The highest BCUT2D eigenvalue weighted by atomic mass is 16.1. The largest absolute Gasteiger partial charge is 0.299 e. The summed E-state index contributed by atoms with van der Waals surface area (Å²) >= 11 is 0. The van der Waals surface area contributed by atoms with Crippen LogP contribution in [0.4, 0.5) is 0 Å². The molecule has 136 valence electrons. The van der Waals surface area contributed by atoms with Crippen LogP contribution in [-0.2, 0) is 9.59 Å². The fraction of sp³-hybridized carbons (Fsp3) is 0.739. The maximum atomic E-state index is 12.7. The van der Waals surface area contributed by atoms with Crippen molar-refractivity contribution in [3.8, 4) is 0 Å². The van der Waals surface area contributed by atoms with Gasteiger partial charge in [0.25, 0.3) is 0 Å². The van der Waals surface area contributed by atoms with Crippen LogP contribution in [0.3, 0.4) is 0 Å². The van der Waals surface area contributed by atoms with Crippen molar-refractivity contribution in [3.63, 3.8) is 0 Å². The number of ketones is 2. The molecule has 0 amide bonds. The zero-order valence-electron chi connectivity index (χ0n) is 16.4. The maximum Gasteiger partial charge on any atom is 0.178 e. The third-order valence-electron chi connectivity index (χ3n) is 9.46. The summed E-state index contributed by atoms with van der Waals surface area (Å²) in [5, 5.41) is 0. The number of allylic oxidation sites excluding steroid dienone is 4. The van der Waals surface area contributed by atoms with Gasteiger partial charge in [0.1, 0.15) is 5.78 Å². The van der Waals surface area contributed by atoms with Crippen molar-refractivity contribution in [2.24, 2.45) is 39.9 Å². The third kappa shape index (κ3) is 1.97. The standard InChI is InChI=1S/C23H32O2/c1-14-12-20-18-7-6-16-13-17(25)8-10-21(16,3)19(18)9-11-22(20,4)23(14,5)15(2)24/h8,10,13-14,18-20H,6-7,9,11-12H2,1-5H3/t14-,18-,19-,20+,21+,22+,23-/m0/s1. The molecular weight excluding hydrogens is 308 g/mol. The van der Waals surface area contributed by atoms with E-state index in [2.05, 4.69) is 33.8 Å². The Morgan fingerprint density at radius 1 is 1.16 bits per heavy atom. The molecule has 0 bridgehead atoms. The summed E-state index contributed by atoms with van der Waals surface area (Å²) in [5.74, 6) is 2.95. The molecule has 7 atom stereocenters. The van der Waals surface area contributed by atoms with Gasteiger partial charge in [0.05, 0.1) is 0 Å². The van der Waals surface area contributed by atoms with E-state index in [9.17, 15) is 9.59 Å². The number of rotatable bonds is 1. The first kappa shape index (κ1) is 17.2. The molecule has 2 heteroatoms. The van der Waals surface area contributed by atoms with Crippen LogP contribution < -0.4 is 0 Å². The number of hydrogen-bond acceptors (Lipinski definition) is 2. The van der Waals surface area contributed by atoms with E-state index in [0.29, 0.717) is 29.5 Å². The van der Waals surface area contributed by atoms with Crippen molar-refractivity contribution in [3.05, 3.63) is 23.8 Å². The Balaban J connectivity index is 1.74. The maximum absolute atomic E-state index is 12.7. The molecule has 0 saturated heterocycles. The van der Waals surface area contributed by atoms with Gasteiger partial charge in [-0.25, -0.2) is 0 Å². The van der Waals surface area contributed by atoms with Crippen molar-refractivity contribution in [2.75, 3.05) is 0 Å². The average molecular weight is 341 g/mol. The Hall–Kier alpha value is -1.18. The van der Waals surface area contributed by atoms with Crippen LogP contribution in [0.2, 0.25) is 0 Å². The lowest BCUT2D eigenvalue weighted by atomic mass is 9.45. The third-order valence-corrected chi connectivity index (χ3v) is 9.46. The van der Waals surface area contributed by atoms with E-state index in [4.69, 9.17) is 0 Å². The zero-order valence-corrected chi connectivity index (χ0v) is 16.4. The normalized spacial score (nSPS) is 51.4. The predicted octanol–water partition coefficient (Wildman–Crippen LogP) is 5.14. The van der Waals surface area contributed by atoms with Crippen LogP contribution in [0.5, 0.6) is 0 Å². The minimum atomic E-state index is -0.183. The SMILES string of the molecule is CC(=O)[C@]1(C)[C@@H](C)C[C@@H]2[C@H]3CCC4=CC(=O)C=C[C@@]4(C)[C@H]3CC[C@]21C. The van der Waals surface area contributed by atoms with Gasteiger partial charge in [-0.3, -0.25) is 9.59 Å². The van der Waals surface area contributed by atoms with Crippen molar-refractivity contribution in [1.29, 1.82) is 0 Å². The lowest BCUT2D eigenvalue weighted by molar-refractivity contribution is -0.140. The molecule has 0 unspecified atom stereocenters. The van der Waals surface area contributed by atoms with E-state index in [-0.39, 0.29) is 22.0 Å². The molecule has 0 heterocycles. The van der Waals surface area contributed by atoms with Crippen LogP contribution in [0.1, 0.15) is 66.7 Å². The van der Waals surface area contributed by atoms with Gasteiger partial charge in [0, 0.05) is 10.8 Å². The van der Waals surface area contributed by atoms with E-state index in [0.717, 1.165) is 12.8 Å². The molecule has 4 aliphatic carbocycles. The number of carbonyl (C=O) groups is 2. The van der Waals surface area contributed by atoms with Gasteiger partial charge in [-0.2, -0.15) is 0 Å². The minimum Gasteiger partial charge on any atom is -0.299 e. The Morgan fingerprint density at radius 2 is 1.88 bits per heavy atom. The van der Waals surface area contributed by atoms with Crippen LogP contribution in [0.25, 0.3) is 0 Å². The fourth-order valence-corrected chi connectivity index (χ4v) is 7.53. The Kier molecular flexibility index (Phi) is 3.57. The van der Waals surface area contributed by atoms with Crippen molar-refractivity contribution in [2.45, 2.75) is 66.7 Å². The highest BCUT2D eigenvalue weighted by molar-refractivity contribution is 6.01. The number of carbonyl (C=O) groups excluding carboxylic acids is 2. The van der Waals surface area contributed by atoms with Crippen LogP contribution in [0, 0.1) is 39.9 Å². The minimum absolute atomic E-state index is 0.0522. The Bertz CT molecular complexity index is 701. The van der Waals surface area contributed by atoms with Gasteiger partial charge < -0.3 is 0 Å². The summed E-state index contributed by atoms with van der Waals surface area (Å²) in [6.45, 7) is 11.1. The first-order valence-electron chi connectivity index (χ1n) is 10.1. The van der Waals surface area contributed by atoms with Gasteiger partial charge in [0.2, 0.25) is 0 Å². The van der Waals surface area contributed by atoms with E-state index in [1.165, 1.54) is 24.8 Å². The highest BCUT2D eigenvalue weighted by Gasteiger charge is 2.66. The molecule has 2 nitrogen and oxygen atoms in total. The molecule has 0 aliphatic heterocycles. The molecule has 0 aromatic rings. The zero-order chi connectivity index (χ0) is 18.2. The van der Waals surface area contributed by atoms with Gasteiger partial charge >= 0.3 is 0 Å². The molecule has 3 fully saturated rings. The first-order valence-corrected chi connectivity index (χ1v) is 10.1. The molecular formula is C23H32O2. The molecule has 0 spiro atoms. The Labute approximate surface area is 152 Å². The molecule has 25 heavy (non-hydrogen) atoms. The quantitative estimate of drug-likeness (QED) is 0.662. The summed E-state index contributed by atoms with van der Waals surface area (Å²) in [7, 11) is 0. The summed E-state index contributed by atoms with van der Waals surface area (Å²) in [4.78, 5) is 24.5. The van der Waals surface area contributed by atoms with Gasteiger partial charge in [0.15, 0.2) is 5.78 Å². The molecule has 4 rings (SSSR count). The number of Topliss-reactive ketones (excluding diaryl/α,β-unsaturated/α-hetero) is 1. The van der Waals surface area contributed by atoms with E-state index >= 15 is 0 Å². The molecule has 3 saturated carbocycles. The molecule has 0 aromatic heterocycles. The molecule has 0 N–H and O–H groups in total. The van der Waals surface area contributed by atoms with Gasteiger partial charge in [-0.05, 0) is 80.3 Å². The number of fused-ring (bicyclic) bond motifs is 5. The lowest BCUT2D eigenvalue weighted by Crippen LogP contribution is -2.53. The summed E-state index contributed by atoms with van der Waals surface area (Å²) in [5.41, 5.74) is 1.35. The summed E-state index contributed by atoms with van der Waals surface area (Å²) in [6, 6.07) is 0. The predicted molar refractivity (Wildman–Crippen MR) is 100.0 cm³/mol. The topological polar surface area (TPSA) is 34.1 Å². The molecule has 0 radical (unpaired) electrons. The number of hydrogen-bond donors (Lipinski definition) is 0. The fourth-order valence-electron chi connectivity index (χ4n) is 7.53. The van der Waals surface area contributed by atoms with Gasteiger partial charge in [-0.1, -0.05) is 39.3 Å².